The van der Waals surface area contributed by atoms with Gasteiger partial charge in [0.25, 0.3) is 0 Å². The molecule has 1 unspecified atom stereocenters. The van der Waals surface area contributed by atoms with Gasteiger partial charge in [0.2, 0.25) is 5.91 Å². The van der Waals surface area contributed by atoms with Crippen LogP contribution in [0.1, 0.15) is 30.8 Å². The fourth-order valence-corrected chi connectivity index (χ4v) is 3.39. The van der Waals surface area contributed by atoms with Crippen molar-refractivity contribution in [2.24, 2.45) is 0 Å². The predicted octanol–water partition coefficient (Wildman–Crippen LogP) is 3.52. The molecule has 1 amide bonds. The van der Waals surface area contributed by atoms with Crippen molar-refractivity contribution >= 4 is 34.8 Å². The van der Waals surface area contributed by atoms with Crippen molar-refractivity contribution in [2.75, 3.05) is 11.9 Å². The minimum atomic E-state index is 0. The van der Waals surface area contributed by atoms with E-state index in [1.165, 1.54) is 11.3 Å². The van der Waals surface area contributed by atoms with Gasteiger partial charge in [-0.15, -0.1) is 23.7 Å². The Morgan fingerprint density at radius 2 is 2.36 bits per heavy atom. The van der Waals surface area contributed by atoms with E-state index in [2.05, 4.69) is 15.6 Å². The van der Waals surface area contributed by atoms with Gasteiger partial charge in [-0.1, -0.05) is 0 Å². The van der Waals surface area contributed by atoms with Gasteiger partial charge >= 0.3 is 0 Å². The van der Waals surface area contributed by atoms with Crippen LogP contribution in [0.3, 0.4) is 0 Å². The first kappa shape index (κ1) is 17.0. The van der Waals surface area contributed by atoms with Crippen LogP contribution >= 0.6 is 23.7 Å². The minimum absolute atomic E-state index is 0. The Kier molecular flexibility index (Phi) is 5.61. The third-order valence-corrected chi connectivity index (χ3v) is 4.42. The van der Waals surface area contributed by atoms with Crippen LogP contribution in [-0.4, -0.2) is 23.5 Å². The zero-order valence-corrected chi connectivity index (χ0v) is 14.3. The first-order valence-electron chi connectivity index (χ1n) is 7.18. The van der Waals surface area contributed by atoms with Crippen molar-refractivity contribution in [3.8, 4) is 11.3 Å². The van der Waals surface area contributed by atoms with Gasteiger partial charge in [0.15, 0.2) is 5.13 Å². The highest BCUT2D eigenvalue weighted by atomic mass is 35.5. The lowest BCUT2D eigenvalue weighted by molar-refractivity contribution is -0.116. The maximum atomic E-state index is 12.0. The molecule has 5 nitrogen and oxygen atoms in total. The number of furan rings is 1. The van der Waals surface area contributed by atoms with Crippen LogP contribution in [0.2, 0.25) is 0 Å². The van der Waals surface area contributed by atoms with E-state index in [9.17, 15) is 4.79 Å². The molecule has 1 saturated heterocycles. The van der Waals surface area contributed by atoms with Gasteiger partial charge in [-0.05, 0) is 39.3 Å². The number of rotatable bonds is 4. The largest absolute Gasteiger partial charge is 0.466 e. The number of thiazole rings is 1. The summed E-state index contributed by atoms with van der Waals surface area (Å²) in [5.74, 6) is 1.75. The van der Waals surface area contributed by atoms with Crippen LogP contribution < -0.4 is 10.6 Å². The average Bonchev–Trinajstić information content (AvgIpc) is 3.12. The van der Waals surface area contributed by atoms with Crippen molar-refractivity contribution in [1.82, 2.24) is 10.3 Å². The fourth-order valence-electron chi connectivity index (χ4n) is 2.67. The van der Waals surface area contributed by atoms with Crippen molar-refractivity contribution in [2.45, 2.75) is 39.2 Å². The number of nitrogens with zero attached hydrogens (tertiary/aromatic N) is 1. The molecule has 0 saturated carbocycles. The molecule has 7 heteroatoms. The number of hydrogen-bond acceptors (Lipinski definition) is 5. The Bertz CT molecular complexity index is 647. The molecule has 120 valence electrons. The molecular formula is C15H20ClN3O2S. The SMILES string of the molecule is Cc1cc(-c2csc(NC(=O)CC3CCCN3)n2)c(C)o1.Cl. The summed E-state index contributed by atoms with van der Waals surface area (Å²) in [6, 6.07) is 2.28. The highest BCUT2D eigenvalue weighted by Crippen LogP contribution is 2.29. The normalized spacial score (nSPS) is 17.3. The van der Waals surface area contributed by atoms with Gasteiger partial charge in [0, 0.05) is 23.4 Å². The Hall–Kier alpha value is -1.37. The number of aryl methyl sites for hydroxylation is 2. The summed E-state index contributed by atoms with van der Waals surface area (Å²) >= 11 is 1.44. The second-order valence-corrected chi connectivity index (χ2v) is 6.27. The monoisotopic (exact) mass is 341 g/mol. The molecule has 1 aliphatic heterocycles. The molecule has 0 bridgehead atoms. The Morgan fingerprint density at radius 3 is 3.00 bits per heavy atom. The number of hydrogen-bond donors (Lipinski definition) is 2. The van der Waals surface area contributed by atoms with E-state index in [0.717, 1.165) is 42.2 Å². The van der Waals surface area contributed by atoms with Crippen LogP contribution in [0, 0.1) is 13.8 Å². The second kappa shape index (κ2) is 7.26. The van der Waals surface area contributed by atoms with Gasteiger partial charge in [-0.2, -0.15) is 0 Å². The van der Waals surface area contributed by atoms with Crippen molar-refractivity contribution in [3.05, 3.63) is 23.0 Å². The van der Waals surface area contributed by atoms with Crippen LogP contribution in [0.25, 0.3) is 11.3 Å². The molecule has 1 aliphatic rings. The molecule has 1 atom stereocenters. The average molecular weight is 342 g/mol. The summed E-state index contributed by atoms with van der Waals surface area (Å²) in [6.45, 7) is 4.85. The lowest BCUT2D eigenvalue weighted by atomic mass is 10.1. The summed E-state index contributed by atoms with van der Waals surface area (Å²) in [5.41, 5.74) is 1.84. The number of anilines is 1. The third-order valence-electron chi connectivity index (χ3n) is 3.66. The first-order valence-corrected chi connectivity index (χ1v) is 8.06. The zero-order valence-electron chi connectivity index (χ0n) is 12.6. The Labute approximate surface area is 139 Å². The molecule has 0 radical (unpaired) electrons. The first-order chi connectivity index (χ1) is 10.1. The van der Waals surface area contributed by atoms with Gasteiger partial charge in [-0.3, -0.25) is 4.79 Å². The molecule has 0 aromatic carbocycles. The van der Waals surface area contributed by atoms with E-state index < -0.39 is 0 Å². The quantitative estimate of drug-likeness (QED) is 0.892. The lowest BCUT2D eigenvalue weighted by Gasteiger charge is -2.08. The summed E-state index contributed by atoms with van der Waals surface area (Å²) in [6.07, 6.45) is 2.74. The van der Waals surface area contributed by atoms with Gasteiger partial charge in [-0.25, -0.2) is 4.98 Å². The Balaban J connectivity index is 0.00000176. The zero-order chi connectivity index (χ0) is 14.8. The molecule has 3 rings (SSSR count). The maximum absolute atomic E-state index is 12.0. The van der Waals surface area contributed by atoms with Crippen LogP contribution in [0.15, 0.2) is 15.9 Å². The molecule has 3 heterocycles. The number of carbonyl (C=O) groups is 1. The van der Waals surface area contributed by atoms with E-state index in [1.807, 2.05) is 25.3 Å². The van der Waals surface area contributed by atoms with E-state index in [4.69, 9.17) is 4.42 Å². The fraction of sp³-hybridized carbons (Fsp3) is 0.467. The molecule has 22 heavy (non-hydrogen) atoms. The predicted molar refractivity (Wildman–Crippen MR) is 90.8 cm³/mol. The summed E-state index contributed by atoms with van der Waals surface area (Å²) in [5, 5.41) is 8.80. The molecular weight excluding hydrogens is 322 g/mol. The number of aromatic nitrogens is 1. The van der Waals surface area contributed by atoms with Crippen LogP contribution in [-0.2, 0) is 4.79 Å². The van der Waals surface area contributed by atoms with E-state index >= 15 is 0 Å². The van der Waals surface area contributed by atoms with Crippen LogP contribution in [0.4, 0.5) is 5.13 Å². The molecule has 2 aromatic rings. The standard InChI is InChI=1S/C15H19N3O2S.ClH/c1-9-6-12(10(2)20-9)13-8-21-15(17-13)18-14(19)7-11-4-3-5-16-11;/h6,8,11,16H,3-5,7H2,1-2H3,(H,17,18,19);1H. The summed E-state index contributed by atoms with van der Waals surface area (Å²) in [4.78, 5) is 16.5. The van der Waals surface area contributed by atoms with E-state index in [-0.39, 0.29) is 18.3 Å². The van der Waals surface area contributed by atoms with Crippen molar-refractivity contribution < 1.29 is 9.21 Å². The van der Waals surface area contributed by atoms with E-state index in [1.54, 1.807) is 0 Å². The third kappa shape index (κ3) is 3.88. The van der Waals surface area contributed by atoms with Crippen molar-refractivity contribution in [1.29, 1.82) is 0 Å². The number of halogens is 1. The molecule has 2 aromatic heterocycles. The smallest absolute Gasteiger partial charge is 0.227 e. The second-order valence-electron chi connectivity index (χ2n) is 5.41. The van der Waals surface area contributed by atoms with Crippen molar-refractivity contribution in [3.63, 3.8) is 0 Å². The topological polar surface area (TPSA) is 67.2 Å². The highest BCUT2D eigenvalue weighted by molar-refractivity contribution is 7.14. The van der Waals surface area contributed by atoms with Gasteiger partial charge < -0.3 is 15.1 Å². The Morgan fingerprint density at radius 1 is 1.55 bits per heavy atom. The summed E-state index contributed by atoms with van der Waals surface area (Å²) in [7, 11) is 0. The van der Waals surface area contributed by atoms with Gasteiger partial charge in [0.05, 0.1) is 5.69 Å². The van der Waals surface area contributed by atoms with Gasteiger partial charge in [0.1, 0.15) is 11.5 Å². The lowest BCUT2D eigenvalue weighted by Crippen LogP contribution is -2.27. The minimum Gasteiger partial charge on any atom is -0.466 e. The van der Waals surface area contributed by atoms with E-state index in [0.29, 0.717) is 17.6 Å². The molecule has 2 N–H and O–H groups in total. The maximum Gasteiger partial charge on any atom is 0.227 e. The highest BCUT2D eigenvalue weighted by Gasteiger charge is 2.18. The molecule has 0 aliphatic carbocycles. The molecule has 1 fully saturated rings. The number of nitrogens with one attached hydrogen (secondary N) is 2. The molecule has 0 spiro atoms. The number of amides is 1. The van der Waals surface area contributed by atoms with Crippen LogP contribution in [0.5, 0.6) is 0 Å². The summed E-state index contributed by atoms with van der Waals surface area (Å²) < 4.78 is 5.52. The number of carbonyl (C=O) groups excluding carboxylic acids is 1.